The van der Waals surface area contributed by atoms with Gasteiger partial charge in [0.1, 0.15) is 11.5 Å². The van der Waals surface area contributed by atoms with Crippen LogP contribution in [0.15, 0.2) is 18.2 Å². The second kappa shape index (κ2) is 5.27. The highest BCUT2D eigenvalue weighted by molar-refractivity contribution is 5.97. The third-order valence-corrected chi connectivity index (χ3v) is 3.39. The molecule has 0 aromatic heterocycles. The molecule has 1 heterocycles. The molecule has 0 spiro atoms. The zero-order valence-corrected chi connectivity index (χ0v) is 10.4. The Labute approximate surface area is 106 Å². The second-order valence-corrected chi connectivity index (χ2v) is 4.69. The number of hydrogen-bond acceptors (Lipinski definition) is 4. The Morgan fingerprint density at radius 2 is 2.28 bits per heavy atom. The van der Waals surface area contributed by atoms with Gasteiger partial charge in [-0.05, 0) is 44.6 Å². The third-order valence-electron chi connectivity index (χ3n) is 3.39. The highest BCUT2D eigenvalue weighted by atomic mass is 16.3. The lowest BCUT2D eigenvalue weighted by atomic mass is 10.1. The van der Waals surface area contributed by atoms with Gasteiger partial charge in [-0.15, -0.1) is 0 Å². The fraction of sp³-hybridized carbons (Fsp3) is 0.462. The van der Waals surface area contributed by atoms with Crippen LogP contribution in [-0.2, 0) is 0 Å². The van der Waals surface area contributed by atoms with Gasteiger partial charge < -0.3 is 20.4 Å². The predicted molar refractivity (Wildman–Crippen MR) is 67.8 cm³/mol. The van der Waals surface area contributed by atoms with Crippen molar-refractivity contribution in [3.8, 4) is 11.5 Å². The van der Waals surface area contributed by atoms with E-state index in [1.165, 1.54) is 18.2 Å². The normalized spacial score (nSPS) is 19.9. The van der Waals surface area contributed by atoms with E-state index < -0.39 is 0 Å². The second-order valence-electron chi connectivity index (χ2n) is 4.69. The summed E-state index contributed by atoms with van der Waals surface area (Å²) in [6.45, 7) is 1.61. The summed E-state index contributed by atoms with van der Waals surface area (Å²) < 4.78 is 0. The molecule has 2 rings (SSSR count). The van der Waals surface area contributed by atoms with Gasteiger partial charge >= 0.3 is 0 Å². The number of aromatic hydroxyl groups is 2. The van der Waals surface area contributed by atoms with Gasteiger partial charge in [0.2, 0.25) is 0 Å². The monoisotopic (exact) mass is 250 g/mol. The number of hydrogen-bond donors (Lipinski definition) is 3. The maximum atomic E-state index is 11.9. The lowest BCUT2D eigenvalue weighted by molar-refractivity contribution is 0.0940. The zero-order valence-electron chi connectivity index (χ0n) is 10.4. The van der Waals surface area contributed by atoms with Gasteiger partial charge in [0, 0.05) is 12.6 Å². The number of carbonyl (C=O) groups is 1. The number of nitrogens with one attached hydrogen (secondary N) is 1. The van der Waals surface area contributed by atoms with E-state index in [1.807, 2.05) is 7.05 Å². The van der Waals surface area contributed by atoms with E-state index in [2.05, 4.69) is 10.2 Å². The standard InChI is InChI=1S/C13H18N2O3/c1-15-6-2-3-9(15)8-14-13(18)11-7-10(16)4-5-12(11)17/h4-5,7,9,16-17H,2-3,6,8H2,1H3,(H,14,18). The van der Waals surface area contributed by atoms with Crippen LogP contribution in [0.5, 0.6) is 11.5 Å². The molecule has 0 saturated carbocycles. The first-order valence-electron chi connectivity index (χ1n) is 6.08. The Kier molecular flexibility index (Phi) is 3.72. The number of benzene rings is 1. The number of likely N-dealkylation sites (N-methyl/N-ethyl adjacent to an activating group) is 1. The van der Waals surface area contributed by atoms with Gasteiger partial charge in [-0.1, -0.05) is 0 Å². The topological polar surface area (TPSA) is 72.8 Å². The van der Waals surface area contributed by atoms with E-state index in [1.54, 1.807) is 0 Å². The number of phenolic OH excluding ortho intramolecular Hbond substituents is 2. The highest BCUT2D eigenvalue weighted by Crippen LogP contribution is 2.22. The number of rotatable bonds is 3. The van der Waals surface area contributed by atoms with Gasteiger partial charge in [0.15, 0.2) is 0 Å². The largest absolute Gasteiger partial charge is 0.508 e. The van der Waals surface area contributed by atoms with Crippen molar-refractivity contribution in [3.05, 3.63) is 23.8 Å². The molecule has 1 aliphatic rings. The summed E-state index contributed by atoms with van der Waals surface area (Å²) in [6, 6.07) is 4.28. The average molecular weight is 250 g/mol. The molecular weight excluding hydrogens is 232 g/mol. The van der Waals surface area contributed by atoms with Crippen molar-refractivity contribution in [2.24, 2.45) is 0 Å². The minimum atomic E-state index is -0.358. The molecule has 18 heavy (non-hydrogen) atoms. The molecule has 1 unspecified atom stereocenters. The summed E-state index contributed by atoms with van der Waals surface area (Å²) in [4.78, 5) is 14.1. The van der Waals surface area contributed by atoms with Crippen LogP contribution in [-0.4, -0.2) is 47.2 Å². The predicted octanol–water partition coefficient (Wildman–Crippen LogP) is 0.922. The fourth-order valence-electron chi connectivity index (χ4n) is 2.25. The summed E-state index contributed by atoms with van der Waals surface area (Å²) in [5.74, 6) is -0.510. The first-order chi connectivity index (χ1) is 8.58. The van der Waals surface area contributed by atoms with Crippen molar-refractivity contribution in [1.29, 1.82) is 0 Å². The first kappa shape index (κ1) is 12.7. The van der Waals surface area contributed by atoms with Crippen LogP contribution in [0.4, 0.5) is 0 Å². The van der Waals surface area contributed by atoms with Crippen LogP contribution < -0.4 is 5.32 Å². The van der Waals surface area contributed by atoms with Crippen molar-refractivity contribution < 1.29 is 15.0 Å². The highest BCUT2D eigenvalue weighted by Gasteiger charge is 2.22. The van der Waals surface area contributed by atoms with Crippen LogP contribution in [0.1, 0.15) is 23.2 Å². The molecule has 1 aromatic rings. The number of likely N-dealkylation sites (tertiary alicyclic amines) is 1. The molecule has 3 N–H and O–H groups in total. The maximum Gasteiger partial charge on any atom is 0.255 e. The number of carbonyl (C=O) groups excluding carboxylic acids is 1. The third kappa shape index (κ3) is 2.73. The molecule has 0 radical (unpaired) electrons. The molecule has 98 valence electrons. The summed E-state index contributed by atoms with van der Waals surface area (Å²) in [5.41, 5.74) is 0.107. The quantitative estimate of drug-likeness (QED) is 0.698. The number of amides is 1. The maximum absolute atomic E-state index is 11.9. The molecule has 1 saturated heterocycles. The van der Waals surface area contributed by atoms with Crippen LogP contribution in [0, 0.1) is 0 Å². The molecule has 1 aliphatic heterocycles. The molecule has 1 aromatic carbocycles. The van der Waals surface area contributed by atoms with E-state index in [4.69, 9.17) is 0 Å². The average Bonchev–Trinajstić information content (AvgIpc) is 2.75. The van der Waals surface area contributed by atoms with Crippen molar-refractivity contribution in [2.45, 2.75) is 18.9 Å². The van der Waals surface area contributed by atoms with E-state index in [9.17, 15) is 15.0 Å². The first-order valence-corrected chi connectivity index (χ1v) is 6.08. The Bertz CT molecular complexity index is 448. The van der Waals surface area contributed by atoms with E-state index >= 15 is 0 Å². The fourth-order valence-corrected chi connectivity index (χ4v) is 2.25. The van der Waals surface area contributed by atoms with Crippen LogP contribution in [0.3, 0.4) is 0 Å². The minimum Gasteiger partial charge on any atom is -0.508 e. The van der Waals surface area contributed by atoms with Crippen LogP contribution in [0.25, 0.3) is 0 Å². The summed E-state index contributed by atoms with van der Waals surface area (Å²) in [6.07, 6.45) is 2.22. The smallest absolute Gasteiger partial charge is 0.255 e. The molecule has 0 bridgehead atoms. The van der Waals surface area contributed by atoms with E-state index in [0.717, 1.165) is 19.4 Å². The Hall–Kier alpha value is -1.75. The lowest BCUT2D eigenvalue weighted by Gasteiger charge is -2.19. The molecular formula is C13H18N2O3. The molecule has 1 amide bonds. The molecule has 1 atom stereocenters. The molecule has 5 heteroatoms. The molecule has 0 aliphatic carbocycles. The Morgan fingerprint density at radius 3 is 2.94 bits per heavy atom. The van der Waals surface area contributed by atoms with Gasteiger partial charge in [-0.3, -0.25) is 4.79 Å². The van der Waals surface area contributed by atoms with Crippen molar-refractivity contribution in [1.82, 2.24) is 10.2 Å². The van der Waals surface area contributed by atoms with E-state index in [0.29, 0.717) is 12.6 Å². The summed E-state index contributed by atoms with van der Waals surface area (Å²) in [5, 5.41) is 21.7. The SMILES string of the molecule is CN1CCCC1CNC(=O)c1cc(O)ccc1O. The van der Waals surface area contributed by atoms with Crippen LogP contribution >= 0.6 is 0 Å². The van der Waals surface area contributed by atoms with Crippen LogP contribution in [0.2, 0.25) is 0 Å². The van der Waals surface area contributed by atoms with Gasteiger partial charge in [0.25, 0.3) is 5.91 Å². The Balaban J connectivity index is 1.97. The van der Waals surface area contributed by atoms with Crippen molar-refractivity contribution in [3.63, 3.8) is 0 Å². The number of nitrogens with zero attached hydrogens (tertiary/aromatic N) is 1. The molecule has 1 fully saturated rings. The summed E-state index contributed by atoms with van der Waals surface area (Å²) >= 11 is 0. The van der Waals surface area contributed by atoms with E-state index in [-0.39, 0.29) is 23.0 Å². The van der Waals surface area contributed by atoms with Gasteiger partial charge in [0.05, 0.1) is 5.56 Å². The van der Waals surface area contributed by atoms with Gasteiger partial charge in [-0.2, -0.15) is 0 Å². The van der Waals surface area contributed by atoms with Crippen molar-refractivity contribution >= 4 is 5.91 Å². The molecule has 5 nitrogen and oxygen atoms in total. The summed E-state index contributed by atoms with van der Waals surface area (Å²) in [7, 11) is 2.04. The van der Waals surface area contributed by atoms with Gasteiger partial charge in [-0.25, -0.2) is 0 Å². The lowest BCUT2D eigenvalue weighted by Crippen LogP contribution is -2.38. The Morgan fingerprint density at radius 1 is 1.50 bits per heavy atom. The number of phenols is 2. The zero-order chi connectivity index (χ0) is 13.1. The minimum absolute atomic E-state index is 0.0315. The van der Waals surface area contributed by atoms with Crippen molar-refractivity contribution in [2.75, 3.05) is 20.1 Å².